The second-order valence-electron chi connectivity index (χ2n) is 21.5. The van der Waals surface area contributed by atoms with Gasteiger partial charge in [-0.3, -0.25) is 0 Å². The van der Waals surface area contributed by atoms with Crippen LogP contribution in [0.1, 0.15) is 223 Å². The molecule has 4 aromatic heterocycles. The predicted octanol–water partition coefficient (Wildman–Crippen LogP) is 9.93. The summed E-state index contributed by atoms with van der Waals surface area (Å²) in [7, 11) is 0. The summed E-state index contributed by atoms with van der Waals surface area (Å²) in [6.07, 6.45) is 4.26. The molecular formula is C66H92N12O8. The van der Waals surface area contributed by atoms with Gasteiger partial charge in [-0.05, 0) is 173 Å². The third-order valence-corrected chi connectivity index (χ3v) is 15.9. The first-order chi connectivity index (χ1) is 41.5. The fourth-order valence-electron chi connectivity index (χ4n) is 12.7. The van der Waals surface area contributed by atoms with Crippen molar-refractivity contribution in [1.29, 1.82) is 0 Å². The number of anilines is 2. The normalized spacial score (nSPS) is 13.2. The number of carbonyl (C=O) groups is 4. The van der Waals surface area contributed by atoms with Crippen LogP contribution in [-0.2, 0) is 123 Å². The Morgan fingerprint density at radius 1 is 0.360 bits per heavy atom. The molecule has 0 atom stereocenters. The van der Waals surface area contributed by atoms with Crippen LogP contribution in [0, 0.1) is 27.7 Å². The highest BCUT2D eigenvalue weighted by Crippen LogP contribution is 2.35. The smallest absolute Gasteiger partial charge is 0.340 e. The zero-order valence-corrected chi connectivity index (χ0v) is 53.4. The number of esters is 4. The number of rotatable bonds is 20. The number of hydrogen-bond acceptors (Lipinski definition) is 18. The number of carbonyl (C=O) groups excluding carboxylic acids is 4. The first-order valence-electron chi connectivity index (χ1n) is 31.0. The topological polar surface area (TPSA) is 261 Å². The minimum atomic E-state index is -0.619. The van der Waals surface area contributed by atoms with E-state index in [1.54, 1.807) is 27.7 Å². The van der Waals surface area contributed by atoms with Crippen molar-refractivity contribution in [2.24, 2.45) is 0 Å². The lowest BCUT2D eigenvalue weighted by atomic mass is 9.83. The standard InChI is InChI=1S/C66H92N12O8/c1-15-41-47-27-67-33-53-57(61(79)83-21-7)59(63(81)85-23-9)55(77-53)35-69-29-49-42(16-2)50(46(20-6)52(45(49)19-5)32-72-66-75-39(13)26-40(14)76-66)30-70-36-56-60(64(82)86-24-10)58(62(80)84-22-8)54(78-56)34-68-28-48(41)44(18-4)51(43(47)17-3)31-71-65-73-37(11)25-38(12)74-65/h25-26,67-70,77-78H,15-24,27-36H2,1-14H3,(H,71,73,74)(H,72,75,76). The Kier molecular flexibility index (Phi) is 24.0. The van der Waals surface area contributed by atoms with Crippen LogP contribution in [0.15, 0.2) is 12.1 Å². The molecule has 1 aliphatic heterocycles. The van der Waals surface area contributed by atoms with Gasteiger partial charge in [-0.15, -0.1) is 0 Å². The van der Waals surface area contributed by atoms with Gasteiger partial charge in [-0.25, -0.2) is 39.1 Å². The van der Waals surface area contributed by atoms with Crippen molar-refractivity contribution in [2.45, 2.75) is 201 Å². The lowest BCUT2D eigenvalue weighted by Crippen LogP contribution is -2.24. The number of aryl methyl sites for hydroxylation is 4. The van der Waals surface area contributed by atoms with E-state index < -0.39 is 23.9 Å². The van der Waals surface area contributed by atoms with Gasteiger partial charge in [0.1, 0.15) is 0 Å². The SMILES string of the molecule is CCOC(=O)c1c2[nH]c(c1C(=O)OCC)CNCc1c(CC)c(c(CC)c(CNc3nc(C)cc(C)n3)c1CC)CNCc1[nH]c(c(C(=O)OCC)c1C(=O)OCC)CNCc1c(CC)c(c(CC)c(CNc3nc(C)cc(C)n3)c1CC)CNC2. The van der Waals surface area contributed by atoms with Gasteiger partial charge in [0.25, 0.3) is 0 Å². The van der Waals surface area contributed by atoms with Crippen LogP contribution >= 0.6 is 0 Å². The summed E-state index contributed by atoms with van der Waals surface area (Å²) in [5, 5.41) is 22.0. The number of ether oxygens (including phenoxy) is 4. The molecule has 8 bridgehead atoms. The molecule has 0 aliphatic carbocycles. The average molecular weight is 1180 g/mol. The van der Waals surface area contributed by atoms with Crippen molar-refractivity contribution in [3.05, 3.63) is 147 Å². The summed E-state index contributed by atoms with van der Waals surface area (Å²) < 4.78 is 22.9. The lowest BCUT2D eigenvalue weighted by Gasteiger charge is -2.27. The molecule has 5 heterocycles. The van der Waals surface area contributed by atoms with E-state index in [-0.39, 0.29) is 74.9 Å². The monoisotopic (exact) mass is 1180 g/mol. The number of benzene rings is 2. The molecule has 0 unspecified atom stereocenters. The molecular weight excluding hydrogens is 1090 g/mol. The molecule has 20 heteroatoms. The zero-order valence-electron chi connectivity index (χ0n) is 53.4. The fourth-order valence-corrected chi connectivity index (χ4v) is 12.7. The van der Waals surface area contributed by atoms with Gasteiger partial charge in [0.05, 0.1) is 48.7 Å². The van der Waals surface area contributed by atoms with Crippen molar-refractivity contribution in [1.82, 2.24) is 51.2 Å². The number of fused-ring (bicyclic) bond motifs is 8. The summed E-state index contributed by atoms with van der Waals surface area (Å²) in [6.45, 7) is 31.5. The molecule has 0 spiro atoms. The maximum absolute atomic E-state index is 14.3. The highest BCUT2D eigenvalue weighted by Gasteiger charge is 2.33. The Morgan fingerprint density at radius 2 is 0.593 bits per heavy atom. The number of hydrogen-bond donors (Lipinski definition) is 8. The van der Waals surface area contributed by atoms with Gasteiger partial charge in [0, 0.05) is 111 Å². The van der Waals surface area contributed by atoms with E-state index in [1.165, 1.54) is 22.3 Å². The molecule has 8 N–H and O–H groups in total. The molecule has 2 aromatic carbocycles. The van der Waals surface area contributed by atoms with E-state index in [0.29, 0.717) is 112 Å². The Hall–Kier alpha value is -7.52. The maximum atomic E-state index is 14.3. The lowest BCUT2D eigenvalue weighted by molar-refractivity contribution is 0.0478. The Bertz CT molecular complexity index is 2990. The van der Waals surface area contributed by atoms with E-state index in [0.717, 1.165) is 67.3 Å². The Morgan fingerprint density at radius 3 is 0.802 bits per heavy atom. The first kappa shape index (κ1) is 66.0. The second-order valence-corrected chi connectivity index (χ2v) is 21.5. The van der Waals surface area contributed by atoms with Crippen molar-refractivity contribution < 1.29 is 38.1 Å². The van der Waals surface area contributed by atoms with Gasteiger partial charge < -0.3 is 60.8 Å². The Balaban J connectivity index is 1.45. The van der Waals surface area contributed by atoms with Crippen molar-refractivity contribution in [2.75, 3.05) is 37.1 Å². The maximum Gasteiger partial charge on any atom is 0.340 e. The van der Waals surface area contributed by atoms with Gasteiger partial charge in [-0.2, -0.15) is 0 Å². The van der Waals surface area contributed by atoms with Crippen LogP contribution in [0.3, 0.4) is 0 Å². The predicted molar refractivity (Wildman–Crippen MR) is 334 cm³/mol. The molecule has 0 saturated carbocycles. The van der Waals surface area contributed by atoms with Crippen LogP contribution in [-0.4, -0.2) is 80.2 Å². The molecule has 20 nitrogen and oxygen atoms in total. The molecule has 1 aliphatic rings. The minimum Gasteiger partial charge on any atom is -0.462 e. The van der Waals surface area contributed by atoms with Gasteiger partial charge in [-0.1, -0.05) is 41.5 Å². The van der Waals surface area contributed by atoms with Crippen LogP contribution in [0.5, 0.6) is 0 Å². The molecule has 0 amide bonds. The fraction of sp³-hybridized carbons (Fsp3) is 0.515. The third kappa shape index (κ3) is 15.0. The number of nitrogens with zero attached hydrogens (tertiary/aromatic N) is 4. The van der Waals surface area contributed by atoms with Gasteiger partial charge >= 0.3 is 23.9 Å². The summed E-state index contributed by atoms with van der Waals surface area (Å²) in [5.41, 5.74) is 19.8. The molecule has 6 aromatic rings. The van der Waals surface area contributed by atoms with E-state index >= 15 is 0 Å². The Labute approximate surface area is 507 Å². The second kappa shape index (κ2) is 31.2. The quantitative estimate of drug-likeness (QED) is 0.0261. The van der Waals surface area contributed by atoms with E-state index in [4.69, 9.17) is 38.9 Å². The summed E-state index contributed by atoms with van der Waals surface area (Å²) >= 11 is 0. The van der Waals surface area contributed by atoms with Crippen molar-refractivity contribution >= 4 is 35.8 Å². The van der Waals surface area contributed by atoms with E-state index in [2.05, 4.69) is 83.4 Å². The highest BCUT2D eigenvalue weighted by atomic mass is 16.5. The molecule has 86 heavy (non-hydrogen) atoms. The van der Waals surface area contributed by atoms with Crippen LogP contribution in [0.2, 0.25) is 0 Å². The zero-order chi connectivity index (χ0) is 62.2. The molecule has 7 rings (SSSR count). The molecule has 0 saturated heterocycles. The van der Waals surface area contributed by atoms with E-state index in [9.17, 15) is 19.2 Å². The van der Waals surface area contributed by atoms with E-state index in [1.807, 2.05) is 39.8 Å². The van der Waals surface area contributed by atoms with Gasteiger partial charge in [0.15, 0.2) is 0 Å². The summed E-state index contributed by atoms with van der Waals surface area (Å²) in [6, 6.07) is 3.90. The number of aromatic amines is 2. The summed E-state index contributed by atoms with van der Waals surface area (Å²) in [4.78, 5) is 83.1. The highest BCUT2D eigenvalue weighted by molar-refractivity contribution is 6.06. The third-order valence-electron chi connectivity index (χ3n) is 15.9. The molecule has 0 fully saturated rings. The summed E-state index contributed by atoms with van der Waals surface area (Å²) in [5.74, 6) is -1.40. The minimum absolute atomic E-state index is 0.107. The van der Waals surface area contributed by atoms with Crippen LogP contribution < -0.4 is 31.9 Å². The first-order valence-corrected chi connectivity index (χ1v) is 31.0. The largest absolute Gasteiger partial charge is 0.462 e. The molecule has 0 radical (unpaired) electrons. The molecule has 464 valence electrons. The number of aromatic nitrogens is 6. The number of H-pyrrole nitrogens is 2. The average Bonchev–Trinajstić information content (AvgIpc) is 1.04. The number of nitrogens with one attached hydrogen (secondary N) is 8. The van der Waals surface area contributed by atoms with Crippen molar-refractivity contribution in [3.63, 3.8) is 0 Å². The van der Waals surface area contributed by atoms with Gasteiger partial charge in [0.2, 0.25) is 11.9 Å². The van der Waals surface area contributed by atoms with Crippen LogP contribution in [0.25, 0.3) is 0 Å². The van der Waals surface area contributed by atoms with Crippen molar-refractivity contribution in [3.8, 4) is 0 Å². The van der Waals surface area contributed by atoms with Crippen LogP contribution in [0.4, 0.5) is 11.9 Å².